The summed E-state index contributed by atoms with van der Waals surface area (Å²) in [5.74, 6) is -0.466. The molecule has 0 saturated carbocycles. The first-order chi connectivity index (χ1) is 3.60. The largest absolute Gasteiger partial charge is 0.346 e. The average molecular weight is 137 g/mol. The molecule has 0 unspecified atom stereocenters. The number of halogens is 1. The summed E-state index contributed by atoms with van der Waals surface area (Å²) in [6.07, 6.45) is 0. The third kappa shape index (κ3) is 1.34. The van der Waals surface area contributed by atoms with Gasteiger partial charge in [0.15, 0.2) is 11.4 Å². The maximum Gasteiger partial charge on any atom is 0.165 e. The lowest BCUT2D eigenvalue weighted by Crippen LogP contribution is -2.19. The van der Waals surface area contributed by atoms with Gasteiger partial charge in [-0.05, 0) is 13.8 Å². The van der Waals surface area contributed by atoms with Crippen molar-refractivity contribution in [2.75, 3.05) is 6.61 Å². The molecule has 8 heavy (non-hydrogen) atoms. The normalized spacial score (nSPS) is 35.6. The molecule has 1 heterocycles. The number of hydrogen-bond donors (Lipinski definition) is 0. The molecule has 0 spiro atoms. The molecule has 1 aliphatic heterocycles. The summed E-state index contributed by atoms with van der Waals surface area (Å²) in [4.78, 5) is 0. The van der Waals surface area contributed by atoms with E-state index in [1.165, 1.54) is 0 Å². The molecule has 0 aromatic rings. The summed E-state index contributed by atoms with van der Waals surface area (Å²) in [5.41, 5.74) is -0.259. The fourth-order valence-electron chi connectivity index (χ4n) is 0.642. The van der Waals surface area contributed by atoms with Gasteiger partial charge in [-0.1, -0.05) is 11.6 Å². The monoisotopic (exact) mass is 136 g/mol. The van der Waals surface area contributed by atoms with E-state index in [0.717, 1.165) is 0 Å². The second kappa shape index (κ2) is 1.87. The lowest BCUT2D eigenvalue weighted by Gasteiger charge is -2.14. The smallest absolute Gasteiger partial charge is 0.165 e. The topological polar surface area (TPSA) is 18.5 Å². The highest BCUT2D eigenvalue weighted by atomic mass is 35.5. The van der Waals surface area contributed by atoms with Crippen LogP contribution in [0.1, 0.15) is 13.8 Å². The Bertz CT molecular complexity index is 92.4. The van der Waals surface area contributed by atoms with Crippen LogP contribution in [0.3, 0.4) is 0 Å². The quantitative estimate of drug-likeness (QED) is 0.468. The molecule has 1 fully saturated rings. The van der Waals surface area contributed by atoms with Crippen molar-refractivity contribution in [1.82, 2.24) is 0 Å². The molecule has 1 atom stereocenters. The third-order valence-corrected chi connectivity index (χ3v) is 1.19. The van der Waals surface area contributed by atoms with Gasteiger partial charge in [0, 0.05) is 0 Å². The van der Waals surface area contributed by atoms with E-state index in [1.807, 2.05) is 13.8 Å². The van der Waals surface area contributed by atoms with E-state index in [-0.39, 0.29) is 5.56 Å². The van der Waals surface area contributed by atoms with Crippen LogP contribution in [0, 0.1) is 0 Å². The zero-order valence-electron chi connectivity index (χ0n) is 4.98. The van der Waals surface area contributed by atoms with Gasteiger partial charge < -0.3 is 9.47 Å². The molecule has 1 aliphatic rings. The van der Waals surface area contributed by atoms with E-state index >= 15 is 0 Å². The Balaban J connectivity index is 2.44. The molecule has 1 rings (SSSR count). The summed E-state index contributed by atoms with van der Waals surface area (Å²) in [7, 11) is 0. The Morgan fingerprint density at radius 3 is 2.38 bits per heavy atom. The predicted octanol–water partition coefficient (Wildman–Crippen LogP) is 1.33. The first-order valence-corrected chi connectivity index (χ1v) is 3.00. The van der Waals surface area contributed by atoms with Crippen LogP contribution in [0.5, 0.6) is 0 Å². The van der Waals surface area contributed by atoms with Crippen LogP contribution in [-0.4, -0.2) is 18.0 Å². The Hall–Kier alpha value is 0.210. The SMILES string of the molecule is CC1(C)OC[C@H](Cl)O1. The minimum atomic E-state index is -0.466. The summed E-state index contributed by atoms with van der Waals surface area (Å²) >= 11 is 5.55. The minimum absolute atomic E-state index is 0.259. The first kappa shape index (κ1) is 6.33. The van der Waals surface area contributed by atoms with Gasteiger partial charge in [-0.3, -0.25) is 0 Å². The van der Waals surface area contributed by atoms with E-state index in [0.29, 0.717) is 6.61 Å². The Labute approximate surface area is 53.7 Å². The van der Waals surface area contributed by atoms with E-state index < -0.39 is 5.79 Å². The van der Waals surface area contributed by atoms with Gasteiger partial charge in [0.05, 0.1) is 6.61 Å². The van der Waals surface area contributed by atoms with Crippen molar-refractivity contribution in [2.45, 2.75) is 25.2 Å². The highest BCUT2D eigenvalue weighted by molar-refractivity contribution is 6.19. The Kier molecular flexibility index (Phi) is 1.48. The molecule has 0 aromatic carbocycles. The lowest BCUT2D eigenvalue weighted by molar-refractivity contribution is -0.129. The zero-order valence-corrected chi connectivity index (χ0v) is 5.73. The lowest BCUT2D eigenvalue weighted by atomic mass is 10.4. The Morgan fingerprint density at radius 2 is 2.25 bits per heavy atom. The third-order valence-electron chi connectivity index (χ3n) is 0.974. The standard InChI is InChI=1S/C5H9ClO2/c1-5(2)7-3-4(6)8-5/h4H,3H2,1-2H3/t4-/m1/s1. The van der Waals surface area contributed by atoms with Gasteiger partial charge in [0.25, 0.3) is 0 Å². The number of alkyl halides is 1. The van der Waals surface area contributed by atoms with Crippen LogP contribution in [0.4, 0.5) is 0 Å². The highest BCUT2D eigenvalue weighted by Crippen LogP contribution is 2.23. The molecule has 2 nitrogen and oxygen atoms in total. The highest BCUT2D eigenvalue weighted by Gasteiger charge is 2.30. The molecule has 0 amide bonds. The van der Waals surface area contributed by atoms with Crippen LogP contribution < -0.4 is 0 Å². The molecular weight excluding hydrogens is 128 g/mol. The van der Waals surface area contributed by atoms with Crippen molar-refractivity contribution in [3.63, 3.8) is 0 Å². The van der Waals surface area contributed by atoms with Gasteiger partial charge in [-0.2, -0.15) is 0 Å². The zero-order chi connectivity index (χ0) is 6.20. The molecule has 1 saturated heterocycles. The molecule has 0 aliphatic carbocycles. The van der Waals surface area contributed by atoms with Crippen LogP contribution in [-0.2, 0) is 9.47 Å². The van der Waals surface area contributed by atoms with E-state index in [2.05, 4.69) is 0 Å². The Morgan fingerprint density at radius 1 is 1.62 bits per heavy atom. The fourth-order valence-corrected chi connectivity index (χ4v) is 0.920. The van der Waals surface area contributed by atoms with Crippen molar-refractivity contribution in [3.05, 3.63) is 0 Å². The van der Waals surface area contributed by atoms with E-state index in [4.69, 9.17) is 21.1 Å². The molecular formula is C5H9ClO2. The predicted molar refractivity (Wildman–Crippen MR) is 30.8 cm³/mol. The fraction of sp³-hybridized carbons (Fsp3) is 1.00. The maximum absolute atomic E-state index is 5.55. The van der Waals surface area contributed by atoms with E-state index in [9.17, 15) is 0 Å². The molecule has 0 N–H and O–H groups in total. The van der Waals surface area contributed by atoms with Crippen molar-refractivity contribution >= 4 is 11.6 Å². The van der Waals surface area contributed by atoms with Crippen molar-refractivity contribution < 1.29 is 9.47 Å². The van der Waals surface area contributed by atoms with Gasteiger partial charge in [-0.15, -0.1) is 0 Å². The van der Waals surface area contributed by atoms with Gasteiger partial charge in [-0.25, -0.2) is 0 Å². The molecule has 0 radical (unpaired) electrons. The summed E-state index contributed by atoms with van der Waals surface area (Å²) in [6, 6.07) is 0. The van der Waals surface area contributed by atoms with Gasteiger partial charge >= 0.3 is 0 Å². The maximum atomic E-state index is 5.55. The average Bonchev–Trinajstić information content (AvgIpc) is 1.82. The molecule has 0 bridgehead atoms. The van der Waals surface area contributed by atoms with Gasteiger partial charge in [0.2, 0.25) is 0 Å². The number of ether oxygens (including phenoxy) is 2. The molecule has 48 valence electrons. The molecule has 3 heteroatoms. The van der Waals surface area contributed by atoms with Crippen LogP contribution >= 0.6 is 11.6 Å². The van der Waals surface area contributed by atoms with Crippen molar-refractivity contribution in [3.8, 4) is 0 Å². The van der Waals surface area contributed by atoms with Crippen LogP contribution in [0.2, 0.25) is 0 Å². The van der Waals surface area contributed by atoms with E-state index in [1.54, 1.807) is 0 Å². The van der Waals surface area contributed by atoms with Crippen LogP contribution in [0.15, 0.2) is 0 Å². The second-order valence-electron chi connectivity index (χ2n) is 2.24. The molecule has 0 aromatic heterocycles. The van der Waals surface area contributed by atoms with Gasteiger partial charge in [0.1, 0.15) is 0 Å². The number of rotatable bonds is 0. The minimum Gasteiger partial charge on any atom is -0.346 e. The van der Waals surface area contributed by atoms with Crippen molar-refractivity contribution in [1.29, 1.82) is 0 Å². The second-order valence-corrected chi connectivity index (χ2v) is 2.73. The number of hydrogen-bond acceptors (Lipinski definition) is 2. The first-order valence-electron chi connectivity index (χ1n) is 2.56. The van der Waals surface area contributed by atoms with Crippen molar-refractivity contribution in [2.24, 2.45) is 0 Å². The van der Waals surface area contributed by atoms with Crippen LogP contribution in [0.25, 0.3) is 0 Å². The summed E-state index contributed by atoms with van der Waals surface area (Å²) < 4.78 is 10.2. The summed E-state index contributed by atoms with van der Waals surface area (Å²) in [5, 5.41) is 0. The summed E-state index contributed by atoms with van der Waals surface area (Å²) in [6.45, 7) is 4.18.